The number of fused-ring (bicyclic) bond motifs is 2. The number of hydrogen-bond donors (Lipinski definition) is 0. The maximum atomic E-state index is 7.91. The number of benzene rings is 2. The lowest BCUT2D eigenvalue weighted by molar-refractivity contribution is -0.229. The third kappa shape index (κ3) is 5.50. The summed E-state index contributed by atoms with van der Waals surface area (Å²) in [5.41, 5.74) is 4.32. The lowest BCUT2D eigenvalue weighted by Gasteiger charge is -2.55. The first-order chi connectivity index (χ1) is 19.7. The van der Waals surface area contributed by atoms with E-state index in [1.165, 1.54) is 35.1 Å². The fourth-order valence-corrected chi connectivity index (χ4v) is 7.76. The summed E-state index contributed by atoms with van der Waals surface area (Å²) in [5.74, 6) is 5.00. The summed E-state index contributed by atoms with van der Waals surface area (Å²) in [6.45, 7) is 18.6. The molecular formula is C36H46O5. The highest BCUT2D eigenvalue weighted by Crippen LogP contribution is 2.53. The van der Waals surface area contributed by atoms with Gasteiger partial charge >= 0.3 is 0 Å². The monoisotopic (exact) mass is 558 g/mol. The molecule has 2 heterocycles. The van der Waals surface area contributed by atoms with Crippen LogP contribution >= 0.6 is 0 Å². The minimum Gasteiger partial charge on any atom is -0.454 e. The maximum Gasteiger partial charge on any atom is 0.231 e. The van der Waals surface area contributed by atoms with Crippen LogP contribution < -0.4 is 18.9 Å². The molecule has 4 aliphatic rings. The van der Waals surface area contributed by atoms with E-state index in [2.05, 4.69) is 77.3 Å². The van der Waals surface area contributed by atoms with Crippen molar-refractivity contribution in [2.24, 2.45) is 23.7 Å². The molecule has 2 fully saturated rings. The summed E-state index contributed by atoms with van der Waals surface area (Å²) < 4.78 is 30.7. The minimum atomic E-state index is -0.336. The Bertz CT molecular complexity index is 1220. The van der Waals surface area contributed by atoms with Gasteiger partial charge in [-0.2, -0.15) is 0 Å². The summed E-state index contributed by atoms with van der Waals surface area (Å²) in [6.07, 6.45) is 8.21. The number of hydrogen-bond acceptors (Lipinski definition) is 5. The van der Waals surface area contributed by atoms with Crippen LogP contribution in [0.15, 0.2) is 60.7 Å². The second-order valence-corrected chi connectivity index (χ2v) is 13.4. The first-order valence-electron chi connectivity index (χ1n) is 15.4. The highest BCUT2D eigenvalue weighted by molar-refractivity contribution is 5.46. The van der Waals surface area contributed by atoms with Gasteiger partial charge in [-0.3, -0.25) is 0 Å². The zero-order valence-corrected chi connectivity index (χ0v) is 25.3. The Kier molecular flexibility index (Phi) is 7.61. The van der Waals surface area contributed by atoms with Crippen molar-refractivity contribution < 1.29 is 23.7 Å². The van der Waals surface area contributed by atoms with Crippen molar-refractivity contribution in [3.8, 4) is 23.0 Å². The zero-order valence-electron chi connectivity index (χ0n) is 25.3. The van der Waals surface area contributed by atoms with Crippen LogP contribution in [0, 0.1) is 23.7 Å². The van der Waals surface area contributed by atoms with E-state index in [0.29, 0.717) is 23.7 Å². The zero-order chi connectivity index (χ0) is 28.8. The molecule has 0 radical (unpaired) electrons. The predicted octanol–water partition coefficient (Wildman–Crippen LogP) is 8.45. The Morgan fingerprint density at radius 2 is 1.10 bits per heavy atom. The van der Waals surface area contributed by atoms with Crippen molar-refractivity contribution in [2.75, 3.05) is 13.6 Å². The Balaban J connectivity index is 1.42. The van der Waals surface area contributed by atoms with Gasteiger partial charge in [0.1, 0.15) is 0 Å². The molecular weight excluding hydrogens is 512 g/mol. The molecule has 5 nitrogen and oxygen atoms in total. The van der Waals surface area contributed by atoms with E-state index in [0.717, 1.165) is 61.5 Å². The lowest BCUT2D eigenvalue weighted by atomic mass is 9.64. The largest absolute Gasteiger partial charge is 0.454 e. The van der Waals surface area contributed by atoms with E-state index >= 15 is 0 Å². The maximum absolute atomic E-state index is 7.91. The SMILES string of the molecule is C=C(C)C1CCC(C)C(Cc2ccc3c(c2)OCO3)(OC2(Cc3ccc4c(c3)OCO4)CC(C(=C)C)CCC2C)C1. The average molecular weight is 559 g/mol. The minimum absolute atomic E-state index is 0.285. The van der Waals surface area contributed by atoms with Crippen LogP contribution in [0.1, 0.15) is 77.3 Å². The Morgan fingerprint density at radius 1 is 0.683 bits per heavy atom. The van der Waals surface area contributed by atoms with Crippen LogP contribution in [0.4, 0.5) is 0 Å². The van der Waals surface area contributed by atoms with Gasteiger partial charge in [-0.05, 0) is 111 Å². The van der Waals surface area contributed by atoms with E-state index in [1.807, 2.05) is 0 Å². The van der Waals surface area contributed by atoms with Crippen molar-refractivity contribution in [1.82, 2.24) is 0 Å². The summed E-state index contributed by atoms with van der Waals surface area (Å²) >= 11 is 0. The topological polar surface area (TPSA) is 46.2 Å². The molecule has 0 N–H and O–H groups in total. The molecule has 0 saturated heterocycles. The number of ether oxygens (including phenoxy) is 5. The molecule has 6 rings (SSSR count). The molecule has 2 aliphatic heterocycles. The van der Waals surface area contributed by atoms with Gasteiger partial charge in [-0.25, -0.2) is 0 Å². The van der Waals surface area contributed by atoms with E-state index in [-0.39, 0.29) is 24.8 Å². The molecule has 0 spiro atoms. The van der Waals surface area contributed by atoms with Crippen LogP contribution in [-0.2, 0) is 17.6 Å². The van der Waals surface area contributed by atoms with E-state index < -0.39 is 0 Å². The Hall–Kier alpha value is -2.92. The van der Waals surface area contributed by atoms with Gasteiger partial charge in [0.05, 0.1) is 11.2 Å². The smallest absolute Gasteiger partial charge is 0.231 e. The fraction of sp³-hybridized carbons (Fsp3) is 0.556. The summed E-state index contributed by atoms with van der Waals surface area (Å²) in [4.78, 5) is 0. The second kappa shape index (κ2) is 11.1. The van der Waals surface area contributed by atoms with Crippen molar-refractivity contribution in [3.05, 3.63) is 71.8 Å². The van der Waals surface area contributed by atoms with Crippen LogP contribution in [0.2, 0.25) is 0 Å². The second-order valence-electron chi connectivity index (χ2n) is 13.4. The van der Waals surface area contributed by atoms with Crippen LogP contribution in [-0.4, -0.2) is 24.8 Å². The molecule has 2 saturated carbocycles. The first kappa shape index (κ1) is 28.2. The molecule has 0 bridgehead atoms. The third-order valence-corrected chi connectivity index (χ3v) is 10.6. The molecule has 0 aromatic heterocycles. The highest BCUT2D eigenvalue weighted by Gasteiger charge is 2.52. The van der Waals surface area contributed by atoms with Crippen LogP contribution in [0.3, 0.4) is 0 Å². The van der Waals surface area contributed by atoms with Gasteiger partial charge in [0.25, 0.3) is 0 Å². The van der Waals surface area contributed by atoms with Gasteiger partial charge in [-0.15, -0.1) is 0 Å². The fourth-order valence-electron chi connectivity index (χ4n) is 7.76. The lowest BCUT2D eigenvalue weighted by Crippen LogP contribution is -2.57. The van der Waals surface area contributed by atoms with Crippen molar-refractivity contribution in [1.29, 1.82) is 0 Å². The molecule has 220 valence electrons. The predicted molar refractivity (Wildman–Crippen MR) is 162 cm³/mol. The van der Waals surface area contributed by atoms with Crippen LogP contribution in [0.5, 0.6) is 23.0 Å². The standard InChI is InChI=1S/C36H46O5/c1-23(2)29-11-7-25(5)35(19-29,17-27-9-13-31-33(15-27)39-21-37-31)41-36(20-30(24(3)4)12-8-26(36)6)18-28-10-14-32-34(16-28)40-22-38-32/h9-10,13-16,25-26,29-30H,1,3,7-8,11-12,17-22H2,2,4-6H3. The van der Waals surface area contributed by atoms with Crippen molar-refractivity contribution >= 4 is 0 Å². The van der Waals surface area contributed by atoms with Crippen LogP contribution in [0.25, 0.3) is 0 Å². The first-order valence-corrected chi connectivity index (χ1v) is 15.4. The molecule has 2 aromatic rings. The number of rotatable bonds is 8. The summed E-state index contributed by atoms with van der Waals surface area (Å²) in [7, 11) is 0. The van der Waals surface area contributed by atoms with E-state index in [1.54, 1.807) is 0 Å². The average Bonchev–Trinajstić information content (AvgIpc) is 3.60. The molecule has 2 aromatic carbocycles. The summed E-state index contributed by atoms with van der Waals surface area (Å²) in [6, 6.07) is 12.8. The summed E-state index contributed by atoms with van der Waals surface area (Å²) in [5, 5.41) is 0. The highest BCUT2D eigenvalue weighted by atomic mass is 16.7. The third-order valence-electron chi connectivity index (χ3n) is 10.6. The molecule has 6 unspecified atom stereocenters. The van der Waals surface area contributed by atoms with Gasteiger partial charge in [0.15, 0.2) is 23.0 Å². The molecule has 6 atom stereocenters. The van der Waals surface area contributed by atoms with Gasteiger partial charge < -0.3 is 23.7 Å². The van der Waals surface area contributed by atoms with Gasteiger partial charge in [0, 0.05) is 12.8 Å². The van der Waals surface area contributed by atoms with E-state index in [4.69, 9.17) is 23.7 Å². The molecule has 2 aliphatic carbocycles. The van der Waals surface area contributed by atoms with Gasteiger partial charge in [0.2, 0.25) is 13.6 Å². The molecule has 5 heteroatoms. The Labute approximate surface area is 245 Å². The van der Waals surface area contributed by atoms with E-state index in [9.17, 15) is 0 Å². The normalized spacial score (nSPS) is 32.1. The molecule has 0 amide bonds. The van der Waals surface area contributed by atoms with Gasteiger partial charge in [-0.1, -0.05) is 50.3 Å². The Morgan fingerprint density at radius 3 is 1.51 bits per heavy atom. The number of allylic oxidation sites excluding steroid dienone is 2. The van der Waals surface area contributed by atoms with Crippen molar-refractivity contribution in [3.63, 3.8) is 0 Å². The van der Waals surface area contributed by atoms with Crippen molar-refractivity contribution in [2.45, 2.75) is 90.3 Å². The molecule has 41 heavy (non-hydrogen) atoms. The quantitative estimate of drug-likeness (QED) is 0.304.